The molecule has 0 heterocycles. The minimum atomic E-state index is -0.433. The van der Waals surface area contributed by atoms with E-state index < -0.39 is 12.1 Å². The van der Waals surface area contributed by atoms with Gasteiger partial charge in [0, 0.05) is 19.1 Å². The first kappa shape index (κ1) is 18.7. The van der Waals surface area contributed by atoms with Crippen molar-refractivity contribution >= 4 is 12.0 Å². The molecule has 2 aliphatic carbocycles. The van der Waals surface area contributed by atoms with E-state index in [-0.39, 0.29) is 17.9 Å². The van der Waals surface area contributed by atoms with Crippen LogP contribution in [0.25, 0.3) is 0 Å². The van der Waals surface area contributed by atoms with Crippen molar-refractivity contribution in [3.63, 3.8) is 0 Å². The molecule has 0 radical (unpaired) electrons. The fourth-order valence-corrected chi connectivity index (χ4v) is 3.81. The van der Waals surface area contributed by atoms with E-state index in [1.54, 1.807) is 12.1 Å². The van der Waals surface area contributed by atoms with Gasteiger partial charge in [-0.2, -0.15) is 0 Å². The first-order chi connectivity index (χ1) is 12.5. The summed E-state index contributed by atoms with van der Waals surface area (Å²) < 4.78 is 5.27. The number of para-hydroxylation sites is 1. The summed E-state index contributed by atoms with van der Waals surface area (Å²) in [5.41, 5.74) is 6.26. The second-order valence-corrected chi connectivity index (χ2v) is 7.52. The van der Waals surface area contributed by atoms with Gasteiger partial charge in [0.15, 0.2) is 0 Å². The topological polar surface area (TPSA) is 84.7 Å². The number of hydrogen-bond donors (Lipinski definition) is 2. The summed E-state index contributed by atoms with van der Waals surface area (Å²) in [6.07, 6.45) is 6.30. The Balaban J connectivity index is 1.42. The molecular weight excluding hydrogens is 330 g/mol. The molecule has 0 saturated heterocycles. The van der Waals surface area contributed by atoms with E-state index in [1.165, 1.54) is 6.42 Å². The quantitative estimate of drug-likeness (QED) is 0.846. The van der Waals surface area contributed by atoms with Gasteiger partial charge in [0.2, 0.25) is 5.91 Å². The van der Waals surface area contributed by atoms with E-state index in [1.807, 2.05) is 30.1 Å². The van der Waals surface area contributed by atoms with Crippen molar-refractivity contribution in [1.29, 1.82) is 0 Å². The maximum absolute atomic E-state index is 12.6. The Labute approximate surface area is 155 Å². The van der Waals surface area contributed by atoms with Crippen LogP contribution in [0.2, 0.25) is 0 Å². The van der Waals surface area contributed by atoms with E-state index in [0.29, 0.717) is 11.8 Å². The minimum Gasteiger partial charge on any atom is -0.410 e. The number of likely N-dealkylation sites (N-methyl/N-ethyl adjacent to an activating group) is 1. The Kier molecular flexibility index (Phi) is 6.14. The van der Waals surface area contributed by atoms with E-state index in [4.69, 9.17) is 10.5 Å². The number of carbonyl (C=O) groups excluding carboxylic acids is 2. The molecule has 3 N–H and O–H groups in total. The van der Waals surface area contributed by atoms with Gasteiger partial charge in [-0.1, -0.05) is 18.2 Å². The van der Waals surface area contributed by atoms with Crippen molar-refractivity contribution in [1.82, 2.24) is 10.2 Å². The fourth-order valence-electron chi connectivity index (χ4n) is 3.81. The Morgan fingerprint density at radius 3 is 2.35 bits per heavy atom. The molecule has 0 bridgehead atoms. The third-order valence-corrected chi connectivity index (χ3v) is 5.81. The van der Waals surface area contributed by atoms with Crippen LogP contribution >= 0.6 is 0 Å². The second kappa shape index (κ2) is 8.54. The SMILES string of the molecule is CN(C(=O)[C@@H](N)C1CCC(NC(=O)Oc2ccccc2)CC1)C1CCC1. The van der Waals surface area contributed by atoms with Crippen LogP contribution in [0.4, 0.5) is 4.79 Å². The van der Waals surface area contributed by atoms with E-state index in [0.717, 1.165) is 38.5 Å². The number of carbonyl (C=O) groups is 2. The van der Waals surface area contributed by atoms with Crippen LogP contribution in [0.15, 0.2) is 30.3 Å². The molecule has 1 aromatic rings. The molecule has 0 aromatic heterocycles. The van der Waals surface area contributed by atoms with Crippen LogP contribution in [0.5, 0.6) is 5.75 Å². The highest BCUT2D eigenvalue weighted by molar-refractivity contribution is 5.82. The summed E-state index contributed by atoms with van der Waals surface area (Å²) in [6, 6.07) is 9.05. The number of rotatable bonds is 5. The number of ether oxygens (including phenoxy) is 1. The van der Waals surface area contributed by atoms with Crippen molar-refractivity contribution in [2.45, 2.75) is 63.1 Å². The average Bonchev–Trinajstić information content (AvgIpc) is 2.60. The minimum absolute atomic E-state index is 0.0644. The Morgan fingerprint density at radius 1 is 1.12 bits per heavy atom. The predicted molar refractivity (Wildman–Crippen MR) is 99.7 cm³/mol. The zero-order valence-corrected chi connectivity index (χ0v) is 15.4. The van der Waals surface area contributed by atoms with Gasteiger partial charge >= 0.3 is 6.09 Å². The summed E-state index contributed by atoms with van der Waals surface area (Å²) in [5.74, 6) is 0.785. The van der Waals surface area contributed by atoms with Crippen molar-refractivity contribution in [2.75, 3.05) is 7.05 Å². The van der Waals surface area contributed by atoms with Crippen molar-refractivity contribution in [3.05, 3.63) is 30.3 Å². The average molecular weight is 359 g/mol. The second-order valence-electron chi connectivity index (χ2n) is 7.52. The number of nitrogens with zero attached hydrogens (tertiary/aromatic N) is 1. The number of nitrogens with two attached hydrogens (primary N) is 1. The summed E-state index contributed by atoms with van der Waals surface area (Å²) in [6.45, 7) is 0. The highest BCUT2D eigenvalue weighted by atomic mass is 16.6. The third-order valence-electron chi connectivity index (χ3n) is 5.81. The van der Waals surface area contributed by atoms with Crippen LogP contribution in [-0.4, -0.2) is 42.1 Å². The predicted octanol–water partition coefficient (Wildman–Crippen LogP) is 2.67. The van der Waals surface area contributed by atoms with Gasteiger partial charge in [0.1, 0.15) is 5.75 Å². The molecule has 0 aliphatic heterocycles. The molecule has 2 fully saturated rings. The molecule has 2 saturated carbocycles. The molecule has 1 aromatic carbocycles. The number of benzene rings is 1. The summed E-state index contributed by atoms with van der Waals surface area (Å²) >= 11 is 0. The molecule has 142 valence electrons. The molecule has 2 amide bonds. The van der Waals surface area contributed by atoms with Gasteiger partial charge in [-0.05, 0) is 63.0 Å². The summed E-state index contributed by atoms with van der Waals surface area (Å²) in [7, 11) is 1.87. The normalized spacial score (nSPS) is 24.2. The molecule has 2 aliphatic rings. The first-order valence-corrected chi connectivity index (χ1v) is 9.60. The maximum Gasteiger partial charge on any atom is 0.412 e. The van der Waals surface area contributed by atoms with Crippen LogP contribution in [-0.2, 0) is 4.79 Å². The molecule has 26 heavy (non-hydrogen) atoms. The maximum atomic E-state index is 12.6. The molecule has 6 heteroatoms. The van der Waals surface area contributed by atoms with Gasteiger partial charge in [0.25, 0.3) is 0 Å². The Morgan fingerprint density at radius 2 is 1.77 bits per heavy atom. The summed E-state index contributed by atoms with van der Waals surface area (Å²) in [5, 5.41) is 2.92. The standard InChI is InChI=1S/C20H29N3O3/c1-23(16-6-5-7-16)19(24)18(21)14-10-12-15(13-11-14)22-20(25)26-17-8-3-2-4-9-17/h2-4,8-9,14-16,18H,5-7,10-13,21H2,1H3,(H,22,25)/t14?,15?,18-/m0/s1. The van der Waals surface area contributed by atoms with Gasteiger partial charge < -0.3 is 20.7 Å². The smallest absolute Gasteiger partial charge is 0.410 e. The van der Waals surface area contributed by atoms with Crippen LogP contribution in [0.1, 0.15) is 44.9 Å². The lowest BCUT2D eigenvalue weighted by molar-refractivity contribution is -0.136. The molecule has 0 unspecified atom stereocenters. The molecule has 6 nitrogen and oxygen atoms in total. The fraction of sp³-hybridized carbons (Fsp3) is 0.600. The number of hydrogen-bond acceptors (Lipinski definition) is 4. The highest BCUT2D eigenvalue weighted by Gasteiger charge is 2.34. The van der Waals surface area contributed by atoms with Gasteiger partial charge in [-0.15, -0.1) is 0 Å². The van der Waals surface area contributed by atoms with Gasteiger partial charge in [0.05, 0.1) is 6.04 Å². The van der Waals surface area contributed by atoms with Crippen LogP contribution < -0.4 is 15.8 Å². The van der Waals surface area contributed by atoms with E-state index in [9.17, 15) is 9.59 Å². The third kappa shape index (κ3) is 4.55. The Hall–Kier alpha value is -2.08. The van der Waals surface area contributed by atoms with Crippen LogP contribution in [0, 0.1) is 5.92 Å². The van der Waals surface area contributed by atoms with Crippen LogP contribution in [0.3, 0.4) is 0 Å². The zero-order valence-electron chi connectivity index (χ0n) is 15.4. The largest absolute Gasteiger partial charge is 0.412 e. The number of amides is 2. The number of nitrogens with one attached hydrogen (secondary N) is 1. The summed E-state index contributed by atoms with van der Waals surface area (Å²) in [4.78, 5) is 26.4. The lowest BCUT2D eigenvalue weighted by atomic mass is 9.81. The Bertz CT molecular complexity index is 610. The van der Waals surface area contributed by atoms with Gasteiger partial charge in [-0.3, -0.25) is 4.79 Å². The van der Waals surface area contributed by atoms with Crippen molar-refractivity contribution in [3.8, 4) is 5.75 Å². The van der Waals surface area contributed by atoms with Crippen molar-refractivity contribution < 1.29 is 14.3 Å². The lowest BCUT2D eigenvalue weighted by Crippen LogP contribution is -2.52. The molecule has 0 spiro atoms. The lowest BCUT2D eigenvalue weighted by Gasteiger charge is -2.38. The molecular formula is C20H29N3O3. The molecule has 3 rings (SSSR count). The van der Waals surface area contributed by atoms with E-state index in [2.05, 4.69) is 5.32 Å². The monoisotopic (exact) mass is 359 g/mol. The zero-order chi connectivity index (χ0) is 18.5. The molecule has 1 atom stereocenters. The van der Waals surface area contributed by atoms with Crippen molar-refractivity contribution in [2.24, 2.45) is 11.7 Å². The van der Waals surface area contributed by atoms with E-state index >= 15 is 0 Å². The highest BCUT2D eigenvalue weighted by Crippen LogP contribution is 2.29. The first-order valence-electron chi connectivity index (χ1n) is 9.60. The van der Waals surface area contributed by atoms with Gasteiger partial charge in [-0.25, -0.2) is 4.79 Å².